The molecular formula is C22H19F2N5O2. The first-order valence-electron chi connectivity index (χ1n) is 9.73. The summed E-state index contributed by atoms with van der Waals surface area (Å²) in [7, 11) is 0. The summed E-state index contributed by atoms with van der Waals surface area (Å²) in [4.78, 5) is 20.4. The van der Waals surface area contributed by atoms with Crippen molar-refractivity contribution in [3.8, 4) is 23.1 Å². The zero-order valence-corrected chi connectivity index (χ0v) is 16.6. The van der Waals surface area contributed by atoms with Crippen LogP contribution in [-0.4, -0.2) is 22.5 Å². The molecule has 1 saturated carbocycles. The van der Waals surface area contributed by atoms with Gasteiger partial charge in [-0.15, -0.1) is 0 Å². The number of aromatic nitrogens is 2. The fraction of sp³-hybridized carbons (Fsp3) is 0.273. The Labute approximate surface area is 176 Å². The van der Waals surface area contributed by atoms with E-state index in [1.54, 1.807) is 18.3 Å². The molecule has 9 heteroatoms. The van der Waals surface area contributed by atoms with Crippen LogP contribution < -0.4 is 15.8 Å². The highest BCUT2D eigenvalue weighted by Crippen LogP contribution is 2.39. The number of halogens is 2. The number of hydrogen-bond donors (Lipinski definition) is 2. The van der Waals surface area contributed by atoms with Crippen LogP contribution >= 0.6 is 0 Å². The summed E-state index contributed by atoms with van der Waals surface area (Å²) in [5, 5.41) is 13.1. The zero-order chi connectivity index (χ0) is 22.1. The molecule has 1 aliphatic carbocycles. The van der Waals surface area contributed by atoms with Gasteiger partial charge in [0.15, 0.2) is 0 Å². The minimum absolute atomic E-state index is 0.144. The third-order valence-electron chi connectivity index (χ3n) is 5.28. The molecule has 2 aromatic heterocycles. The van der Waals surface area contributed by atoms with E-state index >= 15 is 0 Å². The highest BCUT2D eigenvalue weighted by atomic mass is 19.3. The molecule has 3 N–H and O–H groups in total. The van der Waals surface area contributed by atoms with Crippen molar-refractivity contribution in [1.29, 1.82) is 5.26 Å². The molecule has 31 heavy (non-hydrogen) atoms. The molecule has 4 rings (SSSR count). The van der Waals surface area contributed by atoms with E-state index in [-0.39, 0.29) is 23.6 Å². The summed E-state index contributed by atoms with van der Waals surface area (Å²) in [5.74, 6) is -0.540. The summed E-state index contributed by atoms with van der Waals surface area (Å²) < 4.78 is 29.4. The Balaban J connectivity index is 1.68. The summed E-state index contributed by atoms with van der Waals surface area (Å²) >= 11 is 0. The molecule has 158 valence electrons. The number of rotatable bonds is 6. The van der Waals surface area contributed by atoms with Gasteiger partial charge in [-0.05, 0) is 47.6 Å². The molecule has 3 aromatic rings. The monoisotopic (exact) mass is 423 g/mol. The number of anilines is 2. The molecule has 0 radical (unpaired) electrons. The van der Waals surface area contributed by atoms with Crippen molar-refractivity contribution < 1.29 is 18.3 Å². The van der Waals surface area contributed by atoms with Crippen LogP contribution in [0.3, 0.4) is 0 Å². The lowest BCUT2D eigenvalue weighted by Crippen LogP contribution is -2.15. The molecule has 0 bridgehead atoms. The minimum Gasteiger partial charge on any atom is -0.417 e. The number of carbonyl (C=O) groups is 1. The van der Waals surface area contributed by atoms with Crippen LogP contribution in [0.2, 0.25) is 0 Å². The zero-order valence-electron chi connectivity index (χ0n) is 16.6. The number of ether oxygens (including phenoxy) is 1. The van der Waals surface area contributed by atoms with Gasteiger partial charge in [0.25, 0.3) is 0 Å². The number of alkyl halides is 2. The molecule has 1 fully saturated rings. The fourth-order valence-electron chi connectivity index (χ4n) is 3.54. The topological polar surface area (TPSA) is 114 Å². The maximum atomic E-state index is 12.5. The van der Waals surface area contributed by atoms with E-state index in [1.807, 2.05) is 13.0 Å². The summed E-state index contributed by atoms with van der Waals surface area (Å²) in [5.41, 5.74) is 8.99. The van der Waals surface area contributed by atoms with E-state index in [2.05, 4.69) is 26.1 Å². The van der Waals surface area contributed by atoms with Crippen LogP contribution in [-0.2, 0) is 11.2 Å². The standard InChI is InChI=1S/C22H19F2N5O2/c1-2-11-7-20(31-22(23)24)28-9-16(11)12-3-13-6-19(27-10-17(13)18(26)5-12)29-21(30)15-4-14(15)8-25/h3,5-7,9-10,14-15,22H,2,4,26H2,1H3,(H,27,29,30)/t14-,15?/m1/s1. The second-order valence-electron chi connectivity index (χ2n) is 7.33. The first kappa shape index (κ1) is 20.5. The number of fused-ring (bicyclic) bond motifs is 1. The van der Waals surface area contributed by atoms with Crippen molar-refractivity contribution in [1.82, 2.24) is 9.97 Å². The first-order chi connectivity index (χ1) is 14.9. The number of nitrogens with one attached hydrogen (secondary N) is 1. The average molecular weight is 423 g/mol. The average Bonchev–Trinajstić information content (AvgIpc) is 3.53. The van der Waals surface area contributed by atoms with Crippen LogP contribution in [0.5, 0.6) is 5.88 Å². The smallest absolute Gasteiger partial charge is 0.388 e. The van der Waals surface area contributed by atoms with Crippen molar-refractivity contribution in [3.63, 3.8) is 0 Å². The van der Waals surface area contributed by atoms with E-state index in [0.29, 0.717) is 29.7 Å². The third-order valence-corrected chi connectivity index (χ3v) is 5.28. The Morgan fingerprint density at radius 3 is 2.81 bits per heavy atom. The number of carbonyl (C=O) groups excluding carboxylic acids is 1. The Morgan fingerprint density at radius 2 is 2.13 bits per heavy atom. The van der Waals surface area contributed by atoms with E-state index in [9.17, 15) is 13.6 Å². The maximum absolute atomic E-state index is 12.5. The lowest BCUT2D eigenvalue weighted by atomic mass is 9.97. The Morgan fingerprint density at radius 1 is 1.32 bits per heavy atom. The van der Waals surface area contributed by atoms with Gasteiger partial charge in [0.05, 0.1) is 17.9 Å². The molecule has 1 aliphatic rings. The molecule has 1 amide bonds. The highest BCUT2D eigenvalue weighted by molar-refractivity contribution is 6.00. The van der Waals surface area contributed by atoms with E-state index in [0.717, 1.165) is 22.1 Å². The minimum atomic E-state index is -2.94. The molecule has 0 saturated heterocycles. The van der Waals surface area contributed by atoms with Crippen LogP contribution in [0, 0.1) is 23.2 Å². The molecule has 0 aliphatic heterocycles. The molecule has 1 aromatic carbocycles. The van der Waals surface area contributed by atoms with Gasteiger partial charge < -0.3 is 15.8 Å². The van der Waals surface area contributed by atoms with Crippen LogP contribution in [0.15, 0.2) is 36.7 Å². The summed E-state index contributed by atoms with van der Waals surface area (Å²) in [6.45, 7) is -1.04. The van der Waals surface area contributed by atoms with Crippen molar-refractivity contribution in [2.45, 2.75) is 26.4 Å². The van der Waals surface area contributed by atoms with Gasteiger partial charge in [-0.25, -0.2) is 9.97 Å². The molecule has 0 spiro atoms. The fourth-order valence-corrected chi connectivity index (χ4v) is 3.54. The number of amides is 1. The Kier molecular flexibility index (Phi) is 5.38. The van der Waals surface area contributed by atoms with Crippen LogP contribution in [0.4, 0.5) is 20.3 Å². The van der Waals surface area contributed by atoms with Gasteiger partial charge in [0.2, 0.25) is 11.8 Å². The van der Waals surface area contributed by atoms with Gasteiger partial charge in [-0.3, -0.25) is 4.79 Å². The van der Waals surface area contributed by atoms with Gasteiger partial charge in [-0.2, -0.15) is 14.0 Å². The van der Waals surface area contributed by atoms with Gasteiger partial charge in [-0.1, -0.05) is 6.92 Å². The molecule has 7 nitrogen and oxygen atoms in total. The second-order valence-corrected chi connectivity index (χ2v) is 7.33. The predicted molar refractivity (Wildman–Crippen MR) is 111 cm³/mol. The largest absolute Gasteiger partial charge is 0.417 e. The van der Waals surface area contributed by atoms with E-state index < -0.39 is 6.61 Å². The van der Waals surface area contributed by atoms with Crippen molar-refractivity contribution in [2.24, 2.45) is 11.8 Å². The van der Waals surface area contributed by atoms with Crippen LogP contribution in [0.1, 0.15) is 18.9 Å². The first-order valence-corrected chi connectivity index (χ1v) is 9.73. The third kappa shape index (κ3) is 4.23. The number of nitriles is 1. The SMILES string of the molecule is CCc1cc(OC(F)F)ncc1-c1cc(N)c2cnc(NC(=O)C3C[C@@H]3C#N)cc2c1. The Hall–Kier alpha value is -3.80. The number of benzene rings is 1. The molecule has 2 atom stereocenters. The quantitative estimate of drug-likeness (QED) is 0.576. The number of nitrogens with zero attached hydrogens (tertiary/aromatic N) is 3. The number of pyridine rings is 2. The summed E-state index contributed by atoms with van der Waals surface area (Å²) in [6, 6.07) is 8.94. The van der Waals surface area contributed by atoms with Gasteiger partial charge in [0, 0.05) is 35.1 Å². The van der Waals surface area contributed by atoms with Crippen molar-refractivity contribution in [2.75, 3.05) is 11.1 Å². The Bertz CT molecular complexity index is 1210. The lowest BCUT2D eigenvalue weighted by Gasteiger charge is -2.13. The normalized spacial score (nSPS) is 17.4. The van der Waals surface area contributed by atoms with Gasteiger partial charge in [0.1, 0.15) is 5.82 Å². The van der Waals surface area contributed by atoms with Crippen LogP contribution in [0.25, 0.3) is 21.9 Å². The second kappa shape index (κ2) is 8.14. The van der Waals surface area contributed by atoms with Gasteiger partial charge >= 0.3 is 6.61 Å². The molecule has 2 heterocycles. The number of nitrogen functional groups attached to an aromatic ring is 1. The maximum Gasteiger partial charge on any atom is 0.388 e. The van der Waals surface area contributed by atoms with Crippen molar-refractivity contribution >= 4 is 28.2 Å². The number of aryl methyl sites for hydroxylation is 1. The lowest BCUT2D eigenvalue weighted by molar-refractivity contribution is -0.117. The van der Waals surface area contributed by atoms with E-state index in [1.165, 1.54) is 12.3 Å². The van der Waals surface area contributed by atoms with Crippen molar-refractivity contribution in [3.05, 3.63) is 42.2 Å². The highest BCUT2D eigenvalue weighted by Gasteiger charge is 2.43. The van der Waals surface area contributed by atoms with E-state index in [4.69, 9.17) is 11.0 Å². The molecule has 1 unspecified atom stereocenters. The predicted octanol–water partition coefficient (Wildman–Crippen LogP) is 4.14. The number of hydrogen-bond acceptors (Lipinski definition) is 6. The summed E-state index contributed by atoms with van der Waals surface area (Å²) in [6.07, 6.45) is 4.20. The number of nitrogens with two attached hydrogens (primary N) is 1. The molecular weight excluding hydrogens is 404 g/mol.